The number of aliphatic hydroxyl groups is 1. The number of ether oxygens (including phenoxy) is 1. The third-order valence-corrected chi connectivity index (χ3v) is 9.88. The molecule has 2 amide bonds. The van der Waals surface area contributed by atoms with Crippen LogP contribution in [-0.4, -0.2) is 70.1 Å². The van der Waals surface area contributed by atoms with Crippen molar-refractivity contribution in [2.24, 2.45) is 11.8 Å². The van der Waals surface area contributed by atoms with Gasteiger partial charge in [0.15, 0.2) is 0 Å². The highest BCUT2D eigenvalue weighted by atomic mass is 32.2. The van der Waals surface area contributed by atoms with E-state index < -0.39 is 22.6 Å². The molecule has 0 saturated carbocycles. The molecule has 2 fully saturated rings. The van der Waals surface area contributed by atoms with Gasteiger partial charge in [0.05, 0.1) is 23.2 Å². The third-order valence-electron chi connectivity index (χ3n) is 8.14. The number of rotatable bonds is 7. The lowest BCUT2D eigenvalue weighted by Gasteiger charge is -2.36. The maximum absolute atomic E-state index is 14.5. The Labute approximate surface area is 222 Å². The lowest BCUT2D eigenvalue weighted by molar-refractivity contribution is -0.153. The molecule has 8 heteroatoms. The molecule has 0 bridgehead atoms. The second-order valence-corrected chi connectivity index (χ2v) is 12.0. The van der Waals surface area contributed by atoms with Gasteiger partial charge in [-0.2, -0.15) is 0 Å². The number of hydrogen-bond donors (Lipinski definition) is 1. The van der Waals surface area contributed by atoms with Gasteiger partial charge in [0.2, 0.25) is 5.91 Å². The van der Waals surface area contributed by atoms with Gasteiger partial charge in [0.25, 0.3) is 5.91 Å². The van der Waals surface area contributed by atoms with Crippen LogP contribution in [0.3, 0.4) is 0 Å². The van der Waals surface area contributed by atoms with Crippen LogP contribution in [0.5, 0.6) is 0 Å². The smallest absolute Gasteiger partial charge is 0.311 e. The van der Waals surface area contributed by atoms with Crippen molar-refractivity contribution in [2.45, 2.75) is 62.0 Å². The van der Waals surface area contributed by atoms with Crippen molar-refractivity contribution in [3.63, 3.8) is 0 Å². The van der Waals surface area contributed by atoms with Crippen molar-refractivity contribution >= 4 is 35.2 Å². The number of hydrogen-bond acceptors (Lipinski definition) is 6. The first-order valence-electron chi connectivity index (χ1n) is 13.4. The number of nitrogens with zero attached hydrogens (tertiary/aromatic N) is 2. The summed E-state index contributed by atoms with van der Waals surface area (Å²) < 4.78 is 4.73. The number of carbonyl (C=O) groups is 3. The monoisotopic (exact) mass is 524 g/mol. The Hall–Kier alpha value is -2.58. The number of benzene rings is 1. The highest BCUT2D eigenvalue weighted by Gasteiger charge is 2.71. The van der Waals surface area contributed by atoms with Crippen LogP contribution in [0.2, 0.25) is 0 Å². The molecule has 4 aliphatic heterocycles. The maximum Gasteiger partial charge on any atom is 0.311 e. The number of unbranched alkanes of at least 4 members (excludes halogenated alkanes) is 3. The fourth-order valence-electron chi connectivity index (χ4n) is 6.53. The maximum atomic E-state index is 14.5. The van der Waals surface area contributed by atoms with Crippen LogP contribution in [0, 0.1) is 25.7 Å². The van der Waals surface area contributed by atoms with Gasteiger partial charge in [-0.05, 0) is 44.2 Å². The van der Waals surface area contributed by atoms with Gasteiger partial charge >= 0.3 is 5.97 Å². The van der Waals surface area contributed by atoms with Crippen LogP contribution in [0.1, 0.15) is 43.2 Å². The van der Waals surface area contributed by atoms with Gasteiger partial charge in [-0.3, -0.25) is 14.4 Å². The molecule has 1 aromatic carbocycles. The average molecular weight is 525 g/mol. The van der Waals surface area contributed by atoms with Crippen LogP contribution in [0.4, 0.5) is 5.69 Å². The predicted molar refractivity (Wildman–Crippen MR) is 144 cm³/mol. The minimum atomic E-state index is -0.826. The number of fused-ring (bicyclic) bond motifs is 2. The van der Waals surface area contributed by atoms with E-state index in [4.69, 9.17) is 9.84 Å². The molecule has 1 aromatic rings. The van der Waals surface area contributed by atoms with E-state index in [1.165, 1.54) is 0 Å². The van der Waals surface area contributed by atoms with E-state index >= 15 is 0 Å². The van der Waals surface area contributed by atoms with Crippen LogP contribution < -0.4 is 4.90 Å². The van der Waals surface area contributed by atoms with Crippen LogP contribution in [0.25, 0.3) is 0 Å². The molecular weight excluding hydrogens is 488 g/mol. The van der Waals surface area contributed by atoms with Gasteiger partial charge in [0.1, 0.15) is 6.04 Å². The minimum Gasteiger partial charge on any atom is -0.465 e. The van der Waals surface area contributed by atoms with Crippen LogP contribution >= 0.6 is 11.8 Å². The van der Waals surface area contributed by atoms with Gasteiger partial charge in [-0.25, -0.2) is 0 Å². The molecule has 0 radical (unpaired) electrons. The van der Waals surface area contributed by atoms with Crippen LogP contribution in [0.15, 0.2) is 42.5 Å². The van der Waals surface area contributed by atoms with E-state index in [1.54, 1.807) is 16.7 Å². The zero-order chi connectivity index (χ0) is 26.2. The summed E-state index contributed by atoms with van der Waals surface area (Å²) in [6.45, 7) is 5.35. The van der Waals surface area contributed by atoms with Crippen LogP contribution in [-0.2, 0) is 19.1 Å². The molecule has 1 unspecified atom stereocenters. The normalized spacial score (nSPS) is 30.9. The Morgan fingerprint density at radius 3 is 2.57 bits per heavy atom. The summed E-state index contributed by atoms with van der Waals surface area (Å²) in [5.74, 6) is -1.80. The van der Waals surface area contributed by atoms with E-state index in [1.807, 2.05) is 61.3 Å². The molecule has 2 saturated heterocycles. The summed E-state index contributed by atoms with van der Waals surface area (Å²) in [6, 6.07) is 5.31. The Morgan fingerprint density at radius 2 is 1.81 bits per heavy atom. The number of aliphatic hydroxyl groups excluding tert-OH is 1. The van der Waals surface area contributed by atoms with Crippen molar-refractivity contribution in [2.75, 3.05) is 31.2 Å². The van der Waals surface area contributed by atoms with Gasteiger partial charge in [-0.15, -0.1) is 11.8 Å². The summed E-state index contributed by atoms with van der Waals surface area (Å²) in [7, 11) is 0. The lowest BCUT2D eigenvalue weighted by Crippen LogP contribution is -2.53. The number of amides is 2. The van der Waals surface area contributed by atoms with Crippen molar-refractivity contribution in [1.82, 2.24) is 4.90 Å². The Kier molecular flexibility index (Phi) is 7.50. The standard InChI is InChI=1S/C29H36N2O5S/c1-19-11-9-12-20(2)24(19)30-16-10-14-29-23(22-21(37-29)13-5-8-18-36-28(22)35)26(33)31(25(29)27(30)34)15-6-3-4-7-17-32/h5,9-14,21-23,25,32H,3-4,6-8,15-18H2,1-2H3/t21-,22+,23-,25?,29-/m0/s1. The number of carbonyl (C=O) groups excluding carboxylic acids is 3. The second kappa shape index (κ2) is 10.7. The number of para-hydroxylation sites is 1. The zero-order valence-corrected chi connectivity index (χ0v) is 22.4. The van der Waals surface area contributed by atoms with E-state index in [0.29, 0.717) is 26.1 Å². The quantitative estimate of drug-likeness (QED) is 0.334. The number of esters is 1. The van der Waals surface area contributed by atoms with Crippen molar-refractivity contribution in [3.8, 4) is 0 Å². The van der Waals surface area contributed by atoms with E-state index in [2.05, 4.69) is 0 Å². The number of anilines is 1. The fraction of sp³-hybridized carbons (Fsp3) is 0.552. The molecule has 0 aliphatic carbocycles. The lowest BCUT2D eigenvalue weighted by atomic mass is 9.78. The number of thioether (sulfide) groups is 1. The molecule has 5 atom stereocenters. The number of cyclic esters (lactones) is 1. The van der Waals surface area contributed by atoms with Gasteiger partial charge < -0.3 is 19.6 Å². The summed E-state index contributed by atoms with van der Waals surface area (Å²) in [6.07, 6.45) is 12.0. The van der Waals surface area contributed by atoms with E-state index in [-0.39, 0.29) is 29.6 Å². The van der Waals surface area contributed by atoms with Crippen molar-refractivity contribution < 1.29 is 24.2 Å². The summed E-state index contributed by atoms with van der Waals surface area (Å²) in [5, 5.41) is 8.93. The molecule has 1 N–H and O–H groups in total. The SMILES string of the molecule is Cc1cccc(C)c1N1CC=C[C@]23S[C@H]4C=CCCOC(=O)[C@H]4[C@H]2C(=O)N(CCCCCCO)C3C1=O. The van der Waals surface area contributed by atoms with Gasteiger partial charge in [0, 0.05) is 30.6 Å². The highest BCUT2D eigenvalue weighted by Crippen LogP contribution is 2.61. The predicted octanol–water partition coefficient (Wildman–Crippen LogP) is 3.56. The van der Waals surface area contributed by atoms with E-state index in [9.17, 15) is 14.4 Å². The third kappa shape index (κ3) is 4.42. The summed E-state index contributed by atoms with van der Waals surface area (Å²) in [5.41, 5.74) is 2.92. The van der Waals surface area contributed by atoms with Crippen molar-refractivity contribution in [3.05, 3.63) is 53.6 Å². The van der Waals surface area contributed by atoms with Crippen molar-refractivity contribution in [1.29, 1.82) is 0 Å². The average Bonchev–Trinajstić information content (AvgIpc) is 3.23. The first-order valence-corrected chi connectivity index (χ1v) is 14.3. The Bertz CT molecular complexity index is 1110. The molecule has 4 aliphatic rings. The largest absolute Gasteiger partial charge is 0.465 e. The van der Waals surface area contributed by atoms with Gasteiger partial charge in [-0.1, -0.05) is 55.3 Å². The Balaban J connectivity index is 1.56. The summed E-state index contributed by atoms with van der Waals surface area (Å²) >= 11 is 1.58. The topological polar surface area (TPSA) is 87.2 Å². The molecule has 5 rings (SSSR count). The second-order valence-electron chi connectivity index (χ2n) is 10.5. The molecular formula is C29H36N2O5S. The van der Waals surface area contributed by atoms with E-state index in [0.717, 1.165) is 42.5 Å². The highest BCUT2D eigenvalue weighted by molar-refractivity contribution is 8.02. The Morgan fingerprint density at radius 1 is 1.05 bits per heavy atom. The zero-order valence-electron chi connectivity index (χ0n) is 21.6. The number of aryl methyl sites for hydroxylation is 2. The molecule has 4 heterocycles. The molecule has 198 valence electrons. The number of likely N-dealkylation sites (tertiary alicyclic amines) is 1. The molecule has 7 nitrogen and oxygen atoms in total. The minimum absolute atomic E-state index is 0.0901. The molecule has 37 heavy (non-hydrogen) atoms. The molecule has 0 aromatic heterocycles. The molecule has 1 spiro atoms. The summed E-state index contributed by atoms with van der Waals surface area (Å²) in [4.78, 5) is 45.4. The first-order chi connectivity index (χ1) is 17.9. The fourth-order valence-corrected chi connectivity index (χ4v) is 8.53. The first kappa shape index (κ1) is 26.0.